The number of hydrogen-bond donors (Lipinski definition) is 1. The summed E-state index contributed by atoms with van der Waals surface area (Å²) in [6.07, 6.45) is 2.17. The molecular formula is C17H25N3S. The summed E-state index contributed by atoms with van der Waals surface area (Å²) >= 11 is 1.75. The van der Waals surface area contributed by atoms with Crippen molar-refractivity contribution in [3.8, 4) is 0 Å². The molecule has 2 aromatic heterocycles. The fourth-order valence-electron chi connectivity index (χ4n) is 2.32. The maximum atomic E-state index is 4.81. The Bertz CT molecular complexity index is 537. The van der Waals surface area contributed by atoms with Crippen molar-refractivity contribution >= 4 is 17.2 Å². The van der Waals surface area contributed by atoms with Gasteiger partial charge in [0.1, 0.15) is 5.82 Å². The van der Waals surface area contributed by atoms with Crippen LogP contribution in [0.1, 0.15) is 37.1 Å². The monoisotopic (exact) mass is 303 g/mol. The number of rotatable bonds is 8. The van der Waals surface area contributed by atoms with Crippen LogP contribution >= 0.6 is 11.3 Å². The van der Waals surface area contributed by atoms with Gasteiger partial charge in [-0.2, -0.15) is 11.3 Å². The first-order valence-electron chi connectivity index (χ1n) is 7.65. The number of nitrogens with one attached hydrogen (secondary N) is 1. The molecule has 0 aromatic carbocycles. The predicted octanol–water partition coefficient (Wildman–Crippen LogP) is 3.84. The summed E-state index contributed by atoms with van der Waals surface area (Å²) in [6.45, 7) is 7.15. The highest BCUT2D eigenvalue weighted by atomic mass is 32.1. The van der Waals surface area contributed by atoms with Crippen LogP contribution in [-0.2, 0) is 19.5 Å². The first kappa shape index (κ1) is 16.0. The van der Waals surface area contributed by atoms with E-state index in [9.17, 15) is 0 Å². The summed E-state index contributed by atoms with van der Waals surface area (Å²) in [5.74, 6) is 1.07. The first-order valence-corrected chi connectivity index (χ1v) is 8.60. The van der Waals surface area contributed by atoms with E-state index in [0.717, 1.165) is 38.3 Å². The predicted molar refractivity (Wildman–Crippen MR) is 92.0 cm³/mol. The minimum Gasteiger partial charge on any atom is -0.355 e. The molecule has 0 amide bonds. The van der Waals surface area contributed by atoms with Crippen molar-refractivity contribution in [2.45, 2.75) is 39.8 Å². The zero-order valence-electron chi connectivity index (χ0n) is 13.2. The fraction of sp³-hybridized carbons (Fsp3) is 0.471. The van der Waals surface area contributed by atoms with Gasteiger partial charge in [0.15, 0.2) is 0 Å². The number of aromatic nitrogens is 1. The highest BCUT2D eigenvalue weighted by Crippen LogP contribution is 2.18. The maximum Gasteiger partial charge on any atom is 0.129 e. The zero-order valence-corrected chi connectivity index (χ0v) is 14.0. The molecular weight excluding hydrogens is 278 g/mol. The molecule has 2 aromatic rings. The molecule has 21 heavy (non-hydrogen) atoms. The largest absolute Gasteiger partial charge is 0.355 e. The average Bonchev–Trinajstić information content (AvgIpc) is 2.98. The standard InChI is InChI=1S/C17H25N3S/c1-4-6-16-9-15(11-18-5-2)10-17(19-16)20(3)12-14-7-8-21-13-14/h7-10,13,18H,4-6,11-12H2,1-3H3. The quantitative estimate of drug-likeness (QED) is 0.803. The normalized spacial score (nSPS) is 10.8. The van der Waals surface area contributed by atoms with E-state index in [2.05, 4.69) is 60.1 Å². The summed E-state index contributed by atoms with van der Waals surface area (Å²) < 4.78 is 0. The molecule has 114 valence electrons. The molecule has 0 aliphatic carbocycles. The number of nitrogens with zero attached hydrogens (tertiary/aromatic N) is 2. The first-order chi connectivity index (χ1) is 10.2. The fourth-order valence-corrected chi connectivity index (χ4v) is 2.98. The van der Waals surface area contributed by atoms with Gasteiger partial charge in [0.25, 0.3) is 0 Å². The van der Waals surface area contributed by atoms with E-state index in [1.54, 1.807) is 11.3 Å². The van der Waals surface area contributed by atoms with Gasteiger partial charge in [-0.25, -0.2) is 4.98 Å². The molecule has 0 saturated carbocycles. The van der Waals surface area contributed by atoms with Gasteiger partial charge in [-0.3, -0.25) is 0 Å². The van der Waals surface area contributed by atoms with Crippen molar-refractivity contribution in [3.05, 3.63) is 45.8 Å². The van der Waals surface area contributed by atoms with E-state index in [1.165, 1.54) is 16.8 Å². The van der Waals surface area contributed by atoms with Crippen molar-refractivity contribution < 1.29 is 0 Å². The number of aryl methyl sites for hydroxylation is 1. The Morgan fingerprint density at radius 2 is 2.10 bits per heavy atom. The molecule has 0 atom stereocenters. The van der Waals surface area contributed by atoms with E-state index < -0.39 is 0 Å². The Morgan fingerprint density at radius 1 is 1.24 bits per heavy atom. The van der Waals surface area contributed by atoms with Crippen LogP contribution in [0.5, 0.6) is 0 Å². The van der Waals surface area contributed by atoms with E-state index >= 15 is 0 Å². The van der Waals surface area contributed by atoms with Gasteiger partial charge in [0, 0.05) is 25.8 Å². The van der Waals surface area contributed by atoms with E-state index in [0.29, 0.717) is 0 Å². The molecule has 0 aliphatic heterocycles. The van der Waals surface area contributed by atoms with E-state index in [4.69, 9.17) is 4.98 Å². The molecule has 2 heterocycles. The smallest absolute Gasteiger partial charge is 0.129 e. The second kappa shape index (κ2) is 8.15. The van der Waals surface area contributed by atoms with Crippen molar-refractivity contribution in [2.24, 2.45) is 0 Å². The van der Waals surface area contributed by atoms with Crippen LogP contribution in [0.4, 0.5) is 5.82 Å². The molecule has 0 spiro atoms. The van der Waals surface area contributed by atoms with Crippen LogP contribution < -0.4 is 10.2 Å². The zero-order chi connectivity index (χ0) is 15.1. The molecule has 0 bridgehead atoms. The van der Waals surface area contributed by atoms with Gasteiger partial charge in [-0.1, -0.05) is 20.3 Å². The van der Waals surface area contributed by atoms with Gasteiger partial charge in [-0.05, 0) is 53.1 Å². The summed E-state index contributed by atoms with van der Waals surface area (Å²) in [4.78, 5) is 7.05. The van der Waals surface area contributed by atoms with Gasteiger partial charge >= 0.3 is 0 Å². The van der Waals surface area contributed by atoms with Crippen molar-refractivity contribution in [1.29, 1.82) is 0 Å². The SMILES string of the molecule is CCCc1cc(CNCC)cc(N(C)Cc2ccsc2)n1. The molecule has 0 unspecified atom stereocenters. The Hall–Kier alpha value is -1.39. The molecule has 0 radical (unpaired) electrons. The number of hydrogen-bond acceptors (Lipinski definition) is 4. The highest BCUT2D eigenvalue weighted by molar-refractivity contribution is 7.07. The lowest BCUT2D eigenvalue weighted by atomic mass is 10.1. The Labute approximate surface area is 132 Å². The number of thiophene rings is 1. The topological polar surface area (TPSA) is 28.2 Å². The van der Waals surface area contributed by atoms with Crippen molar-refractivity contribution in [2.75, 3.05) is 18.5 Å². The third-order valence-electron chi connectivity index (χ3n) is 3.40. The Morgan fingerprint density at radius 3 is 2.76 bits per heavy atom. The average molecular weight is 303 g/mol. The second-order valence-corrected chi connectivity index (χ2v) is 6.12. The third kappa shape index (κ3) is 4.83. The third-order valence-corrected chi connectivity index (χ3v) is 4.13. The molecule has 0 fully saturated rings. The van der Waals surface area contributed by atoms with E-state index in [1.807, 2.05) is 0 Å². The van der Waals surface area contributed by atoms with Crippen LogP contribution in [0.3, 0.4) is 0 Å². The van der Waals surface area contributed by atoms with Crippen LogP contribution in [0, 0.1) is 0 Å². The van der Waals surface area contributed by atoms with Crippen LogP contribution in [0.25, 0.3) is 0 Å². The van der Waals surface area contributed by atoms with Crippen molar-refractivity contribution in [1.82, 2.24) is 10.3 Å². The summed E-state index contributed by atoms with van der Waals surface area (Å²) in [7, 11) is 2.12. The van der Waals surface area contributed by atoms with Gasteiger partial charge in [-0.15, -0.1) is 0 Å². The van der Waals surface area contributed by atoms with Gasteiger partial charge in [0.2, 0.25) is 0 Å². The van der Waals surface area contributed by atoms with Crippen LogP contribution in [-0.4, -0.2) is 18.6 Å². The maximum absolute atomic E-state index is 4.81. The van der Waals surface area contributed by atoms with E-state index in [-0.39, 0.29) is 0 Å². The van der Waals surface area contributed by atoms with Crippen LogP contribution in [0.15, 0.2) is 29.0 Å². The Balaban J connectivity index is 2.17. The second-order valence-electron chi connectivity index (χ2n) is 5.34. The lowest BCUT2D eigenvalue weighted by Crippen LogP contribution is -2.19. The molecule has 3 nitrogen and oxygen atoms in total. The lowest BCUT2D eigenvalue weighted by Gasteiger charge is -2.19. The minimum atomic E-state index is 0.909. The Kier molecular flexibility index (Phi) is 6.21. The summed E-state index contributed by atoms with van der Waals surface area (Å²) in [5.41, 5.74) is 3.86. The molecule has 0 saturated heterocycles. The minimum absolute atomic E-state index is 0.909. The van der Waals surface area contributed by atoms with Crippen molar-refractivity contribution in [3.63, 3.8) is 0 Å². The molecule has 1 N–H and O–H groups in total. The number of anilines is 1. The number of pyridine rings is 1. The molecule has 0 aliphatic rings. The molecule has 2 rings (SSSR count). The highest BCUT2D eigenvalue weighted by Gasteiger charge is 2.08. The summed E-state index contributed by atoms with van der Waals surface area (Å²) in [6, 6.07) is 6.61. The van der Waals surface area contributed by atoms with Gasteiger partial charge < -0.3 is 10.2 Å². The summed E-state index contributed by atoms with van der Waals surface area (Å²) in [5, 5.41) is 7.73. The molecule has 4 heteroatoms. The van der Waals surface area contributed by atoms with Crippen LogP contribution in [0.2, 0.25) is 0 Å². The van der Waals surface area contributed by atoms with Gasteiger partial charge in [0.05, 0.1) is 0 Å². The lowest BCUT2D eigenvalue weighted by molar-refractivity contribution is 0.722.